The molecule has 3 heterocycles. The molecule has 0 bridgehead atoms. The van der Waals surface area contributed by atoms with E-state index in [2.05, 4.69) is 15.3 Å². The van der Waals surface area contributed by atoms with E-state index in [1.807, 2.05) is 10.3 Å². The van der Waals surface area contributed by atoms with Gasteiger partial charge in [-0.05, 0) is 12.8 Å². The van der Waals surface area contributed by atoms with E-state index >= 15 is 0 Å². The molecular weight excluding hydrogens is 359 g/mol. The van der Waals surface area contributed by atoms with Crippen molar-refractivity contribution in [3.63, 3.8) is 0 Å². The zero-order valence-corrected chi connectivity index (χ0v) is 15.1. The fraction of sp³-hybridized carbons (Fsp3) is 0.529. The van der Waals surface area contributed by atoms with Crippen molar-refractivity contribution in [2.45, 2.75) is 25.1 Å². The van der Waals surface area contributed by atoms with Crippen LogP contribution in [0.2, 0.25) is 0 Å². The number of amidine groups is 1. The van der Waals surface area contributed by atoms with Gasteiger partial charge in [0, 0.05) is 42.0 Å². The molecule has 0 aliphatic carbocycles. The van der Waals surface area contributed by atoms with Crippen molar-refractivity contribution in [2.75, 3.05) is 32.8 Å². The molecular formula is C17H21FN4O3S. The van der Waals surface area contributed by atoms with Gasteiger partial charge in [0.2, 0.25) is 0 Å². The lowest BCUT2D eigenvalue weighted by atomic mass is 10.0. The van der Waals surface area contributed by atoms with E-state index in [1.54, 1.807) is 6.20 Å². The van der Waals surface area contributed by atoms with E-state index in [1.165, 1.54) is 11.3 Å². The predicted molar refractivity (Wildman–Crippen MR) is 96.1 cm³/mol. The molecule has 1 N–H and O–H groups in total. The Labute approximate surface area is 155 Å². The van der Waals surface area contributed by atoms with Crippen molar-refractivity contribution in [2.24, 2.45) is 4.99 Å². The summed E-state index contributed by atoms with van der Waals surface area (Å²) in [5.41, 5.74) is 1.27. The van der Waals surface area contributed by atoms with E-state index < -0.39 is 6.17 Å². The number of carbonyl (C=O) groups excluding carboxylic acids is 2. The number of rotatable bonds is 8. The number of aromatic nitrogens is 1. The van der Waals surface area contributed by atoms with Crippen molar-refractivity contribution in [3.05, 3.63) is 27.9 Å². The first-order chi connectivity index (χ1) is 12.7. The van der Waals surface area contributed by atoms with E-state index in [-0.39, 0.29) is 25.7 Å². The molecule has 9 heteroatoms. The van der Waals surface area contributed by atoms with Crippen molar-refractivity contribution < 1.29 is 18.7 Å². The van der Waals surface area contributed by atoms with Gasteiger partial charge in [-0.2, -0.15) is 0 Å². The van der Waals surface area contributed by atoms with Gasteiger partial charge in [0.05, 0.1) is 13.2 Å². The Morgan fingerprint density at radius 1 is 1.42 bits per heavy atom. The minimum Gasteiger partial charge on any atom is -0.372 e. The number of thiazole rings is 1. The quantitative estimate of drug-likeness (QED) is 0.534. The molecule has 1 fully saturated rings. The standard InChI is InChI=1S/C17H21FN4O3S/c18-13-1-2-14(11-25-5-4-23)22(8-13)9-15-12(10-24)7-20-16(21-15)17-19-3-6-26-17/h3-4,6,10,13-14H,1-2,5,7-9,11H2,(H,20,21). The van der Waals surface area contributed by atoms with Crippen LogP contribution in [0.4, 0.5) is 4.39 Å². The third-order valence-electron chi connectivity index (χ3n) is 4.46. The molecule has 2 atom stereocenters. The summed E-state index contributed by atoms with van der Waals surface area (Å²) < 4.78 is 19.3. The largest absolute Gasteiger partial charge is 0.372 e. The summed E-state index contributed by atoms with van der Waals surface area (Å²) in [6, 6.07) is 0.00586. The number of aliphatic imine (C=N–C) groups is 1. The van der Waals surface area contributed by atoms with Gasteiger partial charge in [0.15, 0.2) is 10.8 Å². The lowest BCUT2D eigenvalue weighted by Gasteiger charge is -2.38. The summed E-state index contributed by atoms with van der Waals surface area (Å²) in [5, 5.41) is 5.80. The second-order valence-electron chi connectivity index (χ2n) is 6.21. The number of halogens is 1. The number of piperidine rings is 1. The zero-order valence-electron chi connectivity index (χ0n) is 14.3. The normalized spacial score (nSPS) is 24.1. The highest BCUT2D eigenvalue weighted by molar-refractivity contribution is 7.11. The van der Waals surface area contributed by atoms with Gasteiger partial charge in [0.25, 0.3) is 0 Å². The molecule has 1 aromatic heterocycles. The van der Waals surface area contributed by atoms with Gasteiger partial charge in [-0.25, -0.2) is 9.37 Å². The van der Waals surface area contributed by atoms with Crippen molar-refractivity contribution >= 4 is 29.7 Å². The Balaban J connectivity index is 1.71. The SMILES string of the molecule is O=CCOCC1CCC(F)CN1CC1=C(C=O)CN=C(c2nccs2)N1. The average molecular weight is 380 g/mol. The van der Waals surface area contributed by atoms with Gasteiger partial charge >= 0.3 is 0 Å². The Kier molecular flexibility index (Phi) is 6.59. The Morgan fingerprint density at radius 3 is 3.04 bits per heavy atom. The van der Waals surface area contributed by atoms with E-state index in [0.29, 0.717) is 43.7 Å². The van der Waals surface area contributed by atoms with E-state index in [0.717, 1.165) is 17.0 Å². The monoisotopic (exact) mass is 380 g/mol. The van der Waals surface area contributed by atoms with E-state index in [9.17, 15) is 14.0 Å². The Hall–Kier alpha value is -1.97. The van der Waals surface area contributed by atoms with Crippen LogP contribution in [0.25, 0.3) is 0 Å². The van der Waals surface area contributed by atoms with Crippen LogP contribution < -0.4 is 5.32 Å². The second kappa shape index (κ2) is 9.11. The lowest BCUT2D eigenvalue weighted by molar-refractivity contribution is -0.112. The van der Waals surface area contributed by atoms with Crippen LogP contribution in [-0.4, -0.2) is 73.4 Å². The van der Waals surface area contributed by atoms with Crippen LogP contribution in [0.5, 0.6) is 0 Å². The lowest BCUT2D eigenvalue weighted by Crippen LogP contribution is -2.49. The maximum absolute atomic E-state index is 14.0. The number of alkyl halides is 1. The number of carbonyl (C=O) groups is 2. The summed E-state index contributed by atoms with van der Waals surface area (Å²) in [7, 11) is 0. The molecule has 3 rings (SSSR count). The molecule has 0 saturated carbocycles. The average Bonchev–Trinajstić information content (AvgIpc) is 3.18. The van der Waals surface area contributed by atoms with E-state index in [4.69, 9.17) is 4.74 Å². The first-order valence-corrected chi connectivity index (χ1v) is 9.37. The van der Waals surface area contributed by atoms with Crippen molar-refractivity contribution in [3.8, 4) is 0 Å². The fourth-order valence-corrected chi connectivity index (χ4v) is 3.72. The molecule has 0 radical (unpaired) electrons. The summed E-state index contributed by atoms with van der Waals surface area (Å²) in [4.78, 5) is 32.5. The van der Waals surface area contributed by atoms with Crippen molar-refractivity contribution in [1.29, 1.82) is 0 Å². The molecule has 1 saturated heterocycles. The summed E-state index contributed by atoms with van der Waals surface area (Å²) in [6.07, 6.45) is 3.41. The highest BCUT2D eigenvalue weighted by Gasteiger charge is 2.30. The minimum absolute atomic E-state index is 0.00586. The van der Waals surface area contributed by atoms with Crippen LogP contribution in [0.3, 0.4) is 0 Å². The topological polar surface area (TPSA) is 83.9 Å². The number of hydrogen-bond donors (Lipinski definition) is 1. The first kappa shape index (κ1) is 18.8. The Morgan fingerprint density at radius 2 is 2.31 bits per heavy atom. The smallest absolute Gasteiger partial charge is 0.162 e. The van der Waals surface area contributed by atoms with Crippen LogP contribution >= 0.6 is 11.3 Å². The van der Waals surface area contributed by atoms with Gasteiger partial charge in [-0.1, -0.05) is 0 Å². The highest BCUT2D eigenvalue weighted by Crippen LogP contribution is 2.22. The van der Waals surface area contributed by atoms with Gasteiger partial charge in [-0.3, -0.25) is 14.7 Å². The summed E-state index contributed by atoms with van der Waals surface area (Å²) in [5.74, 6) is 0.628. The van der Waals surface area contributed by atoms with Crippen LogP contribution in [0.1, 0.15) is 17.8 Å². The number of aldehydes is 2. The van der Waals surface area contributed by atoms with Crippen LogP contribution in [0.15, 0.2) is 27.8 Å². The molecule has 1 aromatic rings. The van der Waals surface area contributed by atoms with Crippen LogP contribution in [-0.2, 0) is 14.3 Å². The molecule has 2 aliphatic rings. The molecule has 2 aliphatic heterocycles. The molecule has 7 nitrogen and oxygen atoms in total. The fourth-order valence-electron chi connectivity index (χ4n) is 3.12. The number of likely N-dealkylation sites (tertiary alicyclic amines) is 1. The molecule has 2 unspecified atom stereocenters. The maximum Gasteiger partial charge on any atom is 0.162 e. The Bertz CT molecular complexity index is 692. The predicted octanol–water partition coefficient (Wildman–Crippen LogP) is 0.964. The van der Waals surface area contributed by atoms with Gasteiger partial charge in [0.1, 0.15) is 25.4 Å². The third kappa shape index (κ3) is 4.60. The molecule has 26 heavy (non-hydrogen) atoms. The highest BCUT2D eigenvalue weighted by atomic mass is 32.1. The number of hydrogen-bond acceptors (Lipinski definition) is 8. The zero-order chi connectivity index (χ0) is 18.4. The molecule has 0 aromatic carbocycles. The number of nitrogens with zero attached hydrogens (tertiary/aromatic N) is 3. The molecule has 0 spiro atoms. The maximum atomic E-state index is 14.0. The second-order valence-corrected chi connectivity index (χ2v) is 7.11. The number of nitrogens with one attached hydrogen (secondary N) is 1. The van der Waals surface area contributed by atoms with Gasteiger partial charge in [-0.15, -0.1) is 11.3 Å². The third-order valence-corrected chi connectivity index (χ3v) is 5.24. The molecule has 140 valence electrons. The summed E-state index contributed by atoms with van der Waals surface area (Å²) in [6.45, 7) is 1.34. The molecule has 0 amide bonds. The van der Waals surface area contributed by atoms with Gasteiger partial charge < -0.3 is 14.8 Å². The van der Waals surface area contributed by atoms with Crippen molar-refractivity contribution in [1.82, 2.24) is 15.2 Å². The first-order valence-electron chi connectivity index (χ1n) is 8.49. The summed E-state index contributed by atoms with van der Waals surface area (Å²) >= 11 is 1.46. The van der Waals surface area contributed by atoms with Crippen LogP contribution in [0, 0.1) is 0 Å². The minimum atomic E-state index is -0.909. The number of ether oxygens (including phenoxy) is 1.